The van der Waals surface area contributed by atoms with Gasteiger partial charge in [0.25, 0.3) is 0 Å². The molecule has 142 valence electrons. The van der Waals surface area contributed by atoms with E-state index in [0.717, 1.165) is 30.8 Å². The first-order valence-electron chi connectivity index (χ1n) is 9.47. The van der Waals surface area contributed by atoms with E-state index in [1.165, 1.54) is 12.1 Å². The van der Waals surface area contributed by atoms with Crippen LogP contribution in [0.1, 0.15) is 12.0 Å². The molecule has 2 aliphatic heterocycles. The fourth-order valence-electron chi connectivity index (χ4n) is 4.12. The second kappa shape index (κ2) is 8.05. The summed E-state index contributed by atoms with van der Waals surface area (Å²) in [7, 11) is 0. The fourth-order valence-corrected chi connectivity index (χ4v) is 4.12. The van der Waals surface area contributed by atoms with Crippen LogP contribution in [0.4, 0.5) is 10.1 Å². The van der Waals surface area contributed by atoms with Gasteiger partial charge in [-0.2, -0.15) is 0 Å². The topological polar surface area (TPSA) is 45.7 Å². The Kier molecular flexibility index (Phi) is 5.34. The van der Waals surface area contributed by atoms with E-state index in [2.05, 4.69) is 9.88 Å². The summed E-state index contributed by atoms with van der Waals surface area (Å²) in [5.74, 6) is 0.183. The molecule has 0 radical (unpaired) electrons. The number of aromatic nitrogens is 1. The highest BCUT2D eigenvalue weighted by molar-refractivity contribution is 5.78. The lowest BCUT2D eigenvalue weighted by atomic mass is 9.90. The van der Waals surface area contributed by atoms with E-state index in [0.29, 0.717) is 32.2 Å². The average Bonchev–Trinajstić information content (AvgIpc) is 2.91. The van der Waals surface area contributed by atoms with Gasteiger partial charge < -0.3 is 14.5 Å². The van der Waals surface area contributed by atoms with Crippen LogP contribution in [-0.4, -0.2) is 54.7 Å². The zero-order chi connectivity index (χ0) is 18.6. The van der Waals surface area contributed by atoms with Gasteiger partial charge in [-0.15, -0.1) is 0 Å². The lowest BCUT2D eigenvalue weighted by Crippen LogP contribution is -2.53. The van der Waals surface area contributed by atoms with Crippen molar-refractivity contribution in [3.8, 4) is 0 Å². The third-order valence-electron chi connectivity index (χ3n) is 5.52. The molecule has 3 heterocycles. The number of anilines is 1. The number of ether oxygens (including phenoxy) is 1. The number of carbonyl (C=O) groups excluding carboxylic acids is 1. The van der Waals surface area contributed by atoms with Crippen molar-refractivity contribution in [1.29, 1.82) is 0 Å². The summed E-state index contributed by atoms with van der Waals surface area (Å²) < 4.78 is 19.1. The number of likely N-dealkylation sites (tertiary alicyclic amines) is 1. The molecule has 0 spiro atoms. The number of rotatable bonds is 3. The van der Waals surface area contributed by atoms with Crippen molar-refractivity contribution >= 4 is 11.6 Å². The van der Waals surface area contributed by atoms with E-state index in [9.17, 15) is 9.18 Å². The van der Waals surface area contributed by atoms with Crippen LogP contribution in [0, 0.1) is 11.7 Å². The Morgan fingerprint density at radius 3 is 2.70 bits per heavy atom. The number of hydrogen-bond donors (Lipinski definition) is 0. The molecule has 6 heteroatoms. The summed E-state index contributed by atoms with van der Waals surface area (Å²) in [4.78, 5) is 21.0. The second-order valence-corrected chi connectivity index (χ2v) is 7.23. The standard InChI is InChI=1S/C21H24FN3O2/c22-18-1-3-19(4-2-18)25-11-12-27-15-17-14-24(10-7-20(17)25)21(26)13-16-5-8-23-9-6-16/h1-6,8-9,17,20H,7,10-15H2/t17-,20+/m1/s1. The zero-order valence-electron chi connectivity index (χ0n) is 15.3. The molecule has 2 aliphatic rings. The van der Waals surface area contributed by atoms with Crippen molar-refractivity contribution in [3.05, 3.63) is 60.2 Å². The summed E-state index contributed by atoms with van der Waals surface area (Å²) in [5.41, 5.74) is 2.01. The molecule has 1 aromatic carbocycles. The van der Waals surface area contributed by atoms with Crippen molar-refractivity contribution in [1.82, 2.24) is 9.88 Å². The van der Waals surface area contributed by atoms with Gasteiger partial charge in [-0.3, -0.25) is 9.78 Å². The third kappa shape index (κ3) is 4.11. The summed E-state index contributed by atoms with van der Waals surface area (Å²) in [5, 5.41) is 0. The molecule has 0 bridgehead atoms. The normalized spacial score (nSPS) is 22.9. The molecule has 0 unspecified atom stereocenters. The quantitative estimate of drug-likeness (QED) is 0.834. The molecule has 2 saturated heterocycles. The highest BCUT2D eigenvalue weighted by Crippen LogP contribution is 2.29. The summed E-state index contributed by atoms with van der Waals surface area (Å²) >= 11 is 0. The van der Waals surface area contributed by atoms with Crippen molar-refractivity contribution in [2.45, 2.75) is 18.9 Å². The zero-order valence-corrected chi connectivity index (χ0v) is 15.3. The molecule has 4 rings (SSSR count). The fraction of sp³-hybridized carbons (Fsp3) is 0.429. The molecule has 2 fully saturated rings. The second-order valence-electron chi connectivity index (χ2n) is 7.23. The van der Waals surface area contributed by atoms with Gasteiger partial charge in [-0.05, 0) is 48.4 Å². The van der Waals surface area contributed by atoms with Gasteiger partial charge in [0.1, 0.15) is 5.82 Å². The number of benzene rings is 1. The number of halogens is 1. The molecule has 1 aromatic heterocycles. The van der Waals surface area contributed by atoms with E-state index < -0.39 is 0 Å². The third-order valence-corrected chi connectivity index (χ3v) is 5.52. The van der Waals surface area contributed by atoms with Crippen LogP contribution >= 0.6 is 0 Å². The maximum absolute atomic E-state index is 13.3. The predicted octanol–water partition coefficient (Wildman–Crippen LogP) is 2.52. The first-order valence-corrected chi connectivity index (χ1v) is 9.47. The Labute approximate surface area is 158 Å². The Balaban J connectivity index is 1.45. The van der Waals surface area contributed by atoms with Gasteiger partial charge in [-0.1, -0.05) is 0 Å². The van der Waals surface area contributed by atoms with Crippen LogP contribution in [0.25, 0.3) is 0 Å². The Morgan fingerprint density at radius 1 is 1.15 bits per heavy atom. The van der Waals surface area contributed by atoms with E-state index >= 15 is 0 Å². The first kappa shape index (κ1) is 17.9. The van der Waals surface area contributed by atoms with Crippen LogP contribution in [0.2, 0.25) is 0 Å². The van der Waals surface area contributed by atoms with Gasteiger partial charge in [0, 0.05) is 49.7 Å². The van der Waals surface area contributed by atoms with Crippen molar-refractivity contribution < 1.29 is 13.9 Å². The number of amides is 1. The molecular weight excluding hydrogens is 345 g/mol. The van der Waals surface area contributed by atoms with Gasteiger partial charge in [0.15, 0.2) is 0 Å². The Morgan fingerprint density at radius 2 is 1.93 bits per heavy atom. The van der Waals surface area contributed by atoms with Gasteiger partial charge in [-0.25, -0.2) is 4.39 Å². The van der Waals surface area contributed by atoms with Crippen LogP contribution in [0.3, 0.4) is 0 Å². The van der Waals surface area contributed by atoms with Crippen LogP contribution < -0.4 is 4.90 Å². The Hall–Kier alpha value is -2.47. The smallest absolute Gasteiger partial charge is 0.227 e. The van der Waals surface area contributed by atoms with E-state index in [1.807, 2.05) is 29.2 Å². The predicted molar refractivity (Wildman–Crippen MR) is 101 cm³/mol. The molecule has 5 nitrogen and oxygen atoms in total. The van der Waals surface area contributed by atoms with E-state index in [4.69, 9.17) is 4.74 Å². The molecule has 1 amide bonds. The SMILES string of the molecule is O=C(Cc1ccncc1)N1CC[C@H]2[C@@H](COCCN2c2ccc(F)cc2)C1. The number of hydrogen-bond acceptors (Lipinski definition) is 4. The van der Waals surface area contributed by atoms with Crippen LogP contribution in [-0.2, 0) is 16.0 Å². The first-order chi connectivity index (χ1) is 13.2. The van der Waals surface area contributed by atoms with E-state index in [-0.39, 0.29) is 17.6 Å². The molecule has 2 aromatic rings. The minimum atomic E-state index is -0.224. The van der Waals surface area contributed by atoms with Gasteiger partial charge in [0.05, 0.1) is 19.6 Å². The maximum Gasteiger partial charge on any atom is 0.227 e. The average molecular weight is 369 g/mol. The molecule has 0 saturated carbocycles. The minimum Gasteiger partial charge on any atom is -0.379 e. The van der Waals surface area contributed by atoms with Crippen molar-refractivity contribution in [2.24, 2.45) is 5.92 Å². The van der Waals surface area contributed by atoms with Crippen LogP contribution in [0.5, 0.6) is 0 Å². The molecule has 2 atom stereocenters. The van der Waals surface area contributed by atoms with Gasteiger partial charge in [0.2, 0.25) is 5.91 Å². The van der Waals surface area contributed by atoms with Crippen molar-refractivity contribution in [3.63, 3.8) is 0 Å². The molecule has 0 N–H and O–H groups in total. The Bertz CT molecular complexity index is 769. The molecule has 27 heavy (non-hydrogen) atoms. The lowest BCUT2D eigenvalue weighted by Gasteiger charge is -2.43. The number of carbonyl (C=O) groups is 1. The summed E-state index contributed by atoms with van der Waals surface area (Å²) in [6.45, 7) is 3.53. The summed E-state index contributed by atoms with van der Waals surface area (Å²) in [6.07, 6.45) is 4.74. The maximum atomic E-state index is 13.3. The number of fused-ring (bicyclic) bond motifs is 1. The number of nitrogens with zero attached hydrogens (tertiary/aromatic N) is 3. The van der Waals surface area contributed by atoms with Crippen LogP contribution in [0.15, 0.2) is 48.8 Å². The molecule has 0 aliphatic carbocycles. The highest BCUT2D eigenvalue weighted by atomic mass is 19.1. The lowest BCUT2D eigenvalue weighted by molar-refractivity contribution is -0.132. The van der Waals surface area contributed by atoms with Gasteiger partial charge >= 0.3 is 0 Å². The van der Waals surface area contributed by atoms with Crippen molar-refractivity contribution in [2.75, 3.05) is 37.7 Å². The summed E-state index contributed by atoms with van der Waals surface area (Å²) in [6, 6.07) is 10.7. The monoisotopic (exact) mass is 369 g/mol. The highest BCUT2D eigenvalue weighted by Gasteiger charge is 2.36. The largest absolute Gasteiger partial charge is 0.379 e. The van der Waals surface area contributed by atoms with E-state index in [1.54, 1.807) is 12.4 Å². The number of piperidine rings is 1. The molecular formula is C21H24FN3O2. The number of pyridine rings is 1. The minimum absolute atomic E-state index is 0.150.